The van der Waals surface area contributed by atoms with Gasteiger partial charge in [-0.25, -0.2) is 14.5 Å². The van der Waals surface area contributed by atoms with E-state index in [-0.39, 0.29) is 6.54 Å². The molecule has 8 nitrogen and oxygen atoms in total. The molecule has 1 aromatic rings. The highest BCUT2D eigenvalue weighted by Crippen LogP contribution is 2.20. The van der Waals surface area contributed by atoms with Crippen LogP contribution in [0.2, 0.25) is 0 Å². The lowest BCUT2D eigenvalue weighted by molar-refractivity contribution is -0.00721. The van der Waals surface area contributed by atoms with Crippen molar-refractivity contribution in [3.8, 4) is 0 Å². The molecule has 0 aromatic heterocycles. The van der Waals surface area contributed by atoms with Gasteiger partial charge in [-0.15, -0.1) is 0 Å². The van der Waals surface area contributed by atoms with Crippen LogP contribution in [0.25, 0.3) is 16.5 Å². The number of hydrogen-bond donors (Lipinski definition) is 0. The molecule has 0 unspecified atom stereocenters. The summed E-state index contributed by atoms with van der Waals surface area (Å²) in [5.74, 6) is 0. The van der Waals surface area contributed by atoms with Gasteiger partial charge in [0.2, 0.25) is 0 Å². The second-order valence-corrected chi connectivity index (χ2v) is 8.79. The molecule has 0 spiro atoms. The molecule has 0 N–H and O–H groups in total. The summed E-state index contributed by atoms with van der Waals surface area (Å²) in [6.45, 7) is 10.2. The lowest BCUT2D eigenvalue weighted by Crippen LogP contribution is -2.50. The number of carbonyl (C=O) groups is 2. The predicted octanol–water partition coefficient (Wildman–Crippen LogP) is 6.33. The fourth-order valence-corrected chi connectivity index (χ4v) is 2.50. The summed E-state index contributed by atoms with van der Waals surface area (Å²) in [5.41, 5.74) is 8.21. The number of carbonyl (C=O) groups excluding carboxylic acids is 2. The topological polar surface area (TPSA) is 105 Å². The largest absolute Gasteiger partial charge is 0.443 e. The molecular weight excluding hydrogens is 384 g/mol. The first-order valence-electron chi connectivity index (χ1n) is 9.90. The Morgan fingerprint density at radius 1 is 1.07 bits per heavy atom. The summed E-state index contributed by atoms with van der Waals surface area (Å²) < 4.78 is 10.8. The lowest BCUT2D eigenvalue weighted by Gasteiger charge is -2.32. The zero-order chi connectivity index (χ0) is 22.8. The van der Waals surface area contributed by atoms with Crippen molar-refractivity contribution < 1.29 is 19.1 Å². The molecule has 8 heteroatoms. The van der Waals surface area contributed by atoms with E-state index in [1.165, 1.54) is 0 Å². The molecule has 0 aliphatic rings. The number of azide groups is 1. The summed E-state index contributed by atoms with van der Waals surface area (Å²) in [5, 5.41) is 3.59. The van der Waals surface area contributed by atoms with Gasteiger partial charge in [0.15, 0.2) is 0 Å². The fraction of sp³-hybridized carbons (Fsp3) is 0.545. The normalized spacial score (nSPS) is 12.7. The van der Waals surface area contributed by atoms with Crippen molar-refractivity contribution in [3.05, 3.63) is 52.4 Å². The molecule has 0 saturated carbocycles. The van der Waals surface area contributed by atoms with Gasteiger partial charge in [-0.05, 0) is 65.5 Å². The smallest absolute Gasteiger partial charge is 0.420 e. The van der Waals surface area contributed by atoms with Crippen LogP contribution in [-0.2, 0) is 9.47 Å². The van der Waals surface area contributed by atoms with Crippen LogP contribution < -0.4 is 0 Å². The van der Waals surface area contributed by atoms with Gasteiger partial charge in [-0.2, -0.15) is 0 Å². The van der Waals surface area contributed by atoms with E-state index >= 15 is 0 Å². The van der Waals surface area contributed by atoms with Crippen LogP contribution in [0.3, 0.4) is 0 Å². The minimum absolute atomic E-state index is 0.0752. The molecule has 0 bridgehead atoms. The van der Waals surface area contributed by atoms with Crippen molar-refractivity contribution in [3.63, 3.8) is 0 Å². The van der Waals surface area contributed by atoms with Crippen LogP contribution in [0.5, 0.6) is 0 Å². The molecule has 2 amide bonds. The number of rotatable bonds is 7. The maximum atomic E-state index is 12.8. The first-order valence-corrected chi connectivity index (χ1v) is 9.90. The van der Waals surface area contributed by atoms with Gasteiger partial charge in [0.1, 0.15) is 11.2 Å². The average Bonchev–Trinajstić information content (AvgIpc) is 2.60. The molecule has 0 saturated heterocycles. The second kappa shape index (κ2) is 11.3. The van der Waals surface area contributed by atoms with E-state index in [0.29, 0.717) is 12.8 Å². The van der Waals surface area contributed by atoms with Gasteiger partial charge in [0.25, 0.3) is 0 Å². The van der Waals surface area contributed by atoms with Gasteiger partial charge < -0.3 is 9.47 Å². The Morgan fingerprint density at radius 3 is 2.07 bits per heavy atom. The van der Waals surface area contributed by atoms with Gasteiger partial charge >= 0.3 is 12.2 Å². The minimum Gasteiger partial charge on any atom is -0.443 e. The zero-order valence-corrected chi connectivity index (χ0v) is 18.7. The van der Waals surface area contributed by atoms with E-state index in [0.717, 1.165) is 10.5 Å². The van der Waals surface area contributed by atoms with Crippen LogP contribution in [-0.4, -0.2) is 40.9 Å². The maximum absolute atomic E-state index is 12.8. The minimum atomic E-state index is -0.832. The molecule has 164 valence electrons. The Bertz CT molecular complexity index is 745. The number of ether oxygens (including phenoxy) is 2. The lowest BCUT2D eigenvalue weighted by atomic mass is 10.1. The van der Waals surface area contributed by atoms with Crippen LogP contribution in [0.4, 0.5) is 9.59 Å². The van der Waals surface area contributed by atoms with Crippen molar-refractivity contribution in [1.82, 2.24) is 4.90 Å². The first kappa shape index (κ1) is 25.0. The summed E-state index contributed by atoms with van der Waals surface area (Å²) >= 11 is 0. The SMILES string of the molecule is CC(C)(C)OC(=O)N(C(=O)OC(C)(C)C)[C@@H](CC/C=C/c1ccccc1)CN=[N+]=[N-]. The third-order valence-electron chi connectivity index (χ3n) is 3.68. The molecule has 1 rings (SSSR count). The van der Waals surface area contributed by atoms with Crippen molar-refractivity contribution in [2.75, 3.05) is 6.54 Å². The fourth-order valence-electron chi connectivity index (χ4n) is 2.50. The number of nitrogens with zero attached hydrogens (tertiary/aromatic N) is 4. The van der Waals surface area contributed by atoms with Crippen LogP contribution >= 0.6 is 0 Å². The monoisotopic (exact) mass is 416 g/mol. The molecule has 0 radical (unpaired) electrons. The number of benzene rings is 1. The van der Waals surface area contributed by atoms with E-state index in [1.54, 1.807) is 41.5 Å². The van der Waals surface area contributed by atoms with E-state index in [1.807, 2.05) is 42.5 Å². The van der Waals surface area contributed by atoms with E-state index in [9.17, 15) is 9.59 Å². The third kappa shape index (κ3) is 9.98. The molecule has 30 heavy (non-hydrogen) atoms. The van der Waals surface area contributed by atoms with Gasteiger partial charge in [-0.3, -0.25) is 0 Å². The van der Waals surface area contributed by atoms with Crippen LogP contribution in [0.15, 0.2) is 41.5 Å². The van der Waals surface area contributed by atoms with E-state index in [2.05, 4.69) is 10.0 Å². The highest BCUT2D eigenvalue weighted by molar-refractivity contribution is 5.88. The maximum Gasteiger partial charge on any atom is 0.420 e. The zero-order valence-electron chi connectivity index (χ0n) is 18.7. The summed E-state index contributed by atoms with van der Waals surface area (Å²) in [4.78, 5) is 29.3. The summed E-state index contributed by atoms with van der Waals surface area (Å²) in [7, 11) is 0. The molecule has 1 aromatic carbocycles. The Kier molecular flexibility index (Phi) is 9.40. The molecule has 0 heterocycles. The Hall–Kier alpha value is -2.99. The van der Waals surface area contributed by atoms with Crippen molar-refractivity contribution >= 4 is 18.3 Å². The molecule has 0 fully saturated rings. The van der Waals surface area contributed by atoms with Gasteiger partial charge in [-0.1, -0.05) is 47.6 Å². The third-order valence-corrected chi connectivity index (χ3v) is 3.68. The molecular formula is C22H32N4O4. The Labute approximate surface area is 178 Å². The standard InChI is InChI=1S/C22H32N4O4/c1-21(2,3)29-19(27)26(20(28)30-22(4,5)6)18(16-24-25-23)15-11-10-14-17-12-8-7-9-13-17/h7-10,12-14,18H,11,15-16H2,1-6H3/b14-10+/t18-/m0/s1. The quantitative estimate of drug-likeness (QED) is 0.294. The highest BCUT2D eigenvalue weighted by Gasteiger charge is 2.36. The Morgan fingerprint density at radius 2 is 1.60 bits per heavy atom. The average molecular weight is 417 g/mol. The number of allylic oxidation sites excluding steroid dienone is 1. The molecule has 0 aliphatic heterocycles. The number of amides is 2. The van der Waals surface area contributed by atoms with Crippen molar-refractivity contribution in [2.24, 2.45) is 5.11 Å². The van der Waals surface area contributed by atoms with Crippen LogP contribution in [0, 0.1) is 0 Å². The van der Waals surface area contributed by atoms with Crippen molar-refractivity contribution in [1.29, 1.82) is 0 Å². The first-order chi connectivity index (χ1) is 13.9. The number of hydrogen-bond acceptors (Lipinski definition) is 5. The Balaban J connectivity index is 3.05. The summed E-state index contributed by atoms with van der Waals surface area (Å²) in [6, 6.07) is 9.06. The van der Waals surface area contributed by atoms with Gasteiger partial charge in [0, 0.05) is 11.5 Å². The number of imide groups is 1. The second-order valence-electron chi connectivity index (χ2n) is 8.79. The molecule has 1 atom stereocenters. The highest BCUT2D eigenvalue weighted by atomic mass is 16.6. The van der Waals surface area contributed by atoms with Crippen molar-refractivity contribution in [2.45, 2.75) is 71.6 Å². The van der Waals surface area contributed by atoms with Crippen LogP contribution in [0.1, 0.15) is 59.9 Å². The molecule has 0 aliphatic carbocycles. The predicted molar refractivity (Wildman–Crippen MR) is 117 cm³/mol. The van der Waals surface area contributed by atoms with E-state index < -0.39 is 29.4 Å². The summed E-state index contributed by atoms with van der Waals surface area (Å²) in [6.07, 6.45) is 3.18. The van der Waals surface area contributed by atoms with Gasteiger partial charge in [0.05, 0.1) is 6.04 Å². The van der Waals surface area contributed by atoms with E-state index in [4.69, 9.17) is 15.0 Å².